The molecule has 0 unspecified atom stereocenters. The van der Waals surface area contributed by atoms with E-state index in [-0.39, 0.29) is 0 Å². The SMILES string of the molecule is CC/N=C(\Cl)c1ccc(OC)cc1OC. The van der Waals surface area contributed by atoms with Crippen molar-refractivity contribution in [3.63, 3.8) is 0 Å². The van der Waals surface area contributed by atoms with Gasteiger partial charge in [-0.2, -0.15) is 0 Å². The Labute approximate surface area is 94.7 Å². The first-order chi connectivity index (χ1) is 7.22. The second-order valence-corrected chi connectivity index (χ2v) is 3.19. The van der Waals surface area contributed by atoms with Crippen molar-refractivity contribution in [1.82, 2.24) is 0 Å². The van der Waals surface area contributed by atoms with E-state index in [9.17, 15) is 0 Å². The van der Waals surface area contributed by atoms with Gasteiger partial charge in [-0.1, -0.05) is 11.6 Å². The quantitative estimate of drug-likeness (QED) is 0.741. The van der Waals surface area contributed by atoms with Gasteiger partial charge < -0.3 is 9.47 Å². The van der Waals surface area contributed by atoms with Gasteiger partial charge in [0, 0.05) is 12.6 Å². The Balaban J connectivity index is 3.13. The van der Waals surface area contributed by atoms with Crippen LogP contribution in [0.25, 0.3) is 0 Å². The highest BCUT2D eigenvalue weighted by Crippen LogP contribution is 2.26. The lowest BCUT2D eigenvalue weighted by molar-refractivity contribution is 0.394. The molecule has 82 valence electrons. The van der Waals surface area contributed by atoms with E-state index in [1.54, 1.807) is 20.3 Å². The minimum absolute atomic E-state index is 0.456. The van der Waals surface area contributed by atoms with Gasteiger partial charge >= 0.3 is 0 Å². The van der Waals surface area contributed by atoms with E-state index in [2.05, 4.69) is 4.99 Å². The van der Waals surface area contributed by atoms with Gasteiger partial charge in [-0.05, 0) is 19.1 Å². The molecule has 4 heteroatoms. The highest BCUT2D eigenvalue weighted by Gasteiger charge is 2.08. The van der Waals surface area contributed by atoms with Crippen molar-refractivity contribution in [2.45, 2.75) is 6.92 Å². The summed E-state index contributed by atoms with van der Waals surface area (Å²) in [4.78, 5) is 4.12. The van der Waals surface area contributed by atoms with Crippen molar-refractivity contribution >= 4 is 16.8 Å². The van der Waals surface area contributed by atoms with Crippen LogP contribution in [0.3, 0.4) is 0 Å². The van der Waals surface area contributed by atoms with E-state index >= 15 is 0 Å². The molecule has 0 aromatic heterocycles. The molecule has 0 aliphatic rings. The average Bonchev–Trinajstić information content (AvgIpc) is 2.28. The van der Waals surface area contributed by atoms with Crippen molar-refractivity contribution in [1.29, 1.82) is 0 Å². The molecule has 0 saturated carbocycles. The molecule has 0 heterocycles. The van der Waals surface area contributed by atoms with Gasteiger partial charge in [-0.3, -0.25) is 4.99 Å². The second-order valence-electron chi connectivity index (χ2n) is 2.83. The fourth-order valence-electron chi connectivity index (χ4n) is 1.19. The van der Waals surface area contributed by atoms with Crippen LogP contribution in [0.1, 0.15) is 12.5 Å². The van der Waals surface area contributed by atoms with E-state index < -0.39 is 0 Å². The van der Waals surface area contributed by atoms with Crippen LogP contribution in [-0.2, 0) is 0 Å². The highest BCUT2D eigenvalue weighted by atomic mass is 35.5. The van der Waals surface area contributed by atoms with Crippen LogP contribution in [0, 0.1) is 0 Å². The zero-order valence-corrected chi connectivity index (χ0v) is 9.84. The first-order valence-electron chi connectivity index (χ1n) is 4.65. The lowest BCUT2D eigenvalue weighted by Gasteiger charge is -2.08. The van der Waals surface area contributed by atoms with Crippen molar-refractivity contribution in [3.05, 3.63) is 23.8 Å². The molecule has 0 spiro atoms. The molecular weight excluding hydrogens is 214 g/mol. The summed E-state index contributed by atoms with van der Waals surface area (Å²) in [6, 6.07) is 5.44. The summed E-state index contributed by atoms with van der Waals surface area (Å²) in [5.41, 5.74) is 0.779. The lowest BCUT2D eigenvalue weighted by Crippen LogP contribution is -1.98. The van der Waals surface area contributed by atoms with Crippen molar-refractivity contribution in [2.24, 2.45) is 4.99 Å². The first kappa shape index (κ1) is 11.9. The summed E-state index contributed by atoms with van der Waals surface area (Å²) < 4.78 is 10.3. The zero-order chi connectivity index (χ0) is 11.3. The molecule has 0 bridgehead atoms. The lowest BCUT2D eigenvalue weighted by atomic mass is 10.2. The van der Waals surface area contributed by atoms with Crippen LogP contribution in [0.4, 0.5) is 0 Å². The minimum Gasteiger partial charge on any atom is -0.497 e. The van der Waals surface area contributed by atoms with Gasteiger partial charge in [0.15, 0.2) is 0 Å². The number of nitrogens with zero attached hydrogens (tertiary/aromatic N) is 1. The maximum Gasteiger partial charge on any atom is 0.134 e. The normalized spacial score (nSPS) is 11.3. The molecule has 0 aliphatic heterocycles. The first-order valence-corrected chi connectivity index (χ1v) is 5.03. The predicted molar refractivity (Wildman–Crippen MR) is 62.5 cm³/mol. The molecule has 0 amide bonds. The molecule has 3 nitrogen and oxygen atoms in total. The summed E-state index contributed by atoms with van der Waals surface area (Å²) >= 11 is 6.01. The average molecular weight is 228 g/mol. The Morgan fingerprint density at radius 3 is 2.60 bits per heavy atom. The minimum atomic E-state index is 0.456. The van der Waals surface area contributed by atoms with E-state index in [4.69, 9.17) is 21.1 Å². The van der Waals surface area contributed by atoms with Gasteiger partial charge in [-0.15, -0.1) is 0 Å². The van der Waals surface area contributed by atoms with Crippen LogP contribution in [-0.4, -0.2) is 25.9 Å². The molecule has 0 atom stereocenters. The van der Waals surface area contributed by atoms with Crippen molar-refractivity contribution in [2.75, 3.05) is 20.8 Å². The number of hydrogen-bond acceptors (Lipinski definition) is 3. The number of ether oxygens (including phenoxy) is 2. The number of benzene rings is 1. The number of halogens is 1. The third-order valence-corrected chi connectivity index (χ3v) is 2.25. The molecule has 0 aliphatic carbocycles. The molecule has 1 aromatic carbocycles. The predicted octanol–water partition coefficient (Wildman–Crippen LogP) is 2.71. The standard InChI is InChI=1S/C11H14ClNO2/c1-4-13-11(12)9-6-5-8(14-2)7-10(9)15-3/h5-7H,4H2,1-3H3/b13-11-. The fraction of sp³-hybridized carbons (Fsp3) is 0.364. The van der Waals surface area contributed by atoms with Gasteiger partial charge in [0.1, 0.15) is 16.7 Å². The molecule has 0 N–H and O–H groups in total. The summed E-state index contributed by atoms with van der Waals surface area (Å²) in [5, 5.41) is 0.456. The van der Waals surface area contributed by atoms with Crippen molar-refractivity contribution in [3.8, 4) is 11.5 Å². The molecule has 0 radical (unpaired) electrons. The van der Waals surface area contributed by atoms with Crippen LogP contribution < -0.4 is 9.47 Å². The number of aliphatic imine (C=N–C) groups is 1. The Kier molecular flexibility index (Phi) is 4.43. The third kappa shape index (κ3) is 2.86. The number of hydrogen-bond donors (Lipinski definition) is 0. The zero-order valence-electron chi connectivity index (χ0n) is 9.08. The van der Waals surface area contributed by atoms with E-state index in [1.165, 1.54) is 0 Å². The van der Waals surface area contributed by atoms with Gasteiger partial charge in [-0.25, -0.2) is 0 Å². The second kappa shape index (κ2) is 5.61. The maximum atomic E-state index is 6.01. The highest BCUT2D eigenvalue weighted by molar-refractivity contribution is 6.69. The number of methoxy groups -OCH3 is 2. The van der Waals surface area contributed by atoms with Gasteiger partial charge in [0.2, 0.25) is 0 Å². The van der Waals surface area contributed by atoms with E-state index in [0.29, 0.717) is 17.5 Å². The molecular formula is C11H14ClNO2. The van der Waals surface area contributed by atoms with Gasteiger partial charge in [0.25, 0.3) is 0 Å². The van der Waals surface area contributed by atoms with Crippen LogP contribution >= 0.6 is 11.6 Å². The molecule has 0 fully saturated rings. The molecule has 1 aromatic rings. The van der Waals surface area contributed by atoms with Crippen LogP contribution in [0.2, 0.25) is 0 Å². The maximum absolute atomic E-state index is 6.01. The summed E-state index contributed by atoms with van der Waals surface area (Å²) in [6.07, 6.45) is 0. The molecule has 1 rings (SSSR count). The van der Waals surface area contributed by atoms with E-state index in [1.807, 2.05) is 19.1 Å². The summed E-state index contributed by atoms with van der Waals surface area (Å²) in [7, 11) is 3.20. The van der Waals surface area contributed by atoms with Crippen LogP contribution in [0.15, 0.2) is 23.2 Å². The molecule has 15 heavy (non-hydrogen) atoms. The van der Waals surface area contributed by atoms with Crippen molar-refractivity contribution < 1.29 is 9.47 Å². The third-order valence-electron chi connectivity index (χ3n) is 1.93. The summed E-state index contributed by atoms with van der Waals surface area (Å²) in [6.45, 7) is 2.58. The summed E-state index contributed by atoms with van der Waals surface area (Å²) in [5.74, 6) is 1.40. The smallest absolute Gasteiger partial charge is 0.134 e. The topological polar surface area (TPSA) is 30.8 Å². The molecule has 0 saturated heterocycles. The Bertz CT molecular complexity index is 364. The van der Waals surface area contributed by atoms with Crippen LogP contribution in [0.5, 0.6) is 11.5 Å². The van der Waals surface area contributed by atoms with Gasteiger partial charge in [0.05, 0.1) is 19.8 Å². The largest absolute Gasteiger partial charge is 0.497 e. The Morgan fingerprint density at radius 1 is 1.33 bits per heavy atom. The Morgan fingerprint density at radius 2 is 2.07 bits per heavy atom. The van der Waals surface area contributed by atoms with E-state index in [0.717, 1.165) is 11.3 Å². The Hall–Kier alpha value is -1.22. The fourth-order valence-corrected chi connectivity index (χ4v) is 1.47. The monoisotopic (exact) mass is 227 g/mol. The number of rotatable bonds is 4.